The van der Waals surface area contributed by atoms with Crippen molar-refractivity contribution >= 4 is 17.3 Å². The minimum Gasteiger partial charge on any atom is -0.383 e. The van der Waals surface area contributed by atoms with Crippen molar-refractivity contribution < 1.29 is 4.74 Å². The SMILES string of the molecule is COC1CCCN(CCNc2ccccc2Cl)C1. The molecular weight excluding hydrogens is 248 g/mol. The van der Waals surface area contributed by atoms with Crippen LogP contribution in [0.5, 0.6) is 0 Å². The normalized spacial score (nSPS) is 20.9. The summed E-state index contributed by atoms with van der Waals surface area (Å²) in [4.78, 5) is 2.45. The Morgan fingerprint density at radius 3 is 3.06 bits per heavy atom. The van der Waals surface area contributed by atoms with Crippen molar-refractivity contribution in [1.29, 1.82) is 0 Å². The maximum Gasteiger partial charge on any atom is 0.0698 e. The molecule has 100 valence electrons. The van der Waals surface area contributed by atoms with Crippen LogP contribution in [0.15, 0.2) is 24.3 Å². The zero-order chi connectivity index (χ0) is 12.8. The number of halogens is 1. The summed E-state index contributed by atoms with van der Waals surface area (Å²) >= 11 is 6.10. The van der Waals surface area contributed by atoms with E-state index in [1.54, 1.807) is 7.11 Å². The van der Waals surface area contributed by atoms with Crippen LogP contribution >= 0.6 is 11.6 Å². The summed E-state index contributed by atoms with van der Waals surface area (Å²) in [6.45, 7) is 4.16. The number of para-hydroxylation sites is 1. The fraction of sp³-hybridized carbons (Fsp3) is 0.571. The highest BCUT2D eigenvalue weighted by Crippen LogP contribution is 2.20. The standard InChI is InChI=1S/C14H21ClN2O/c1-18-12-5-4-9-17(11-12)10-8-16-14-7-3-2-6-13(14)15/h2-3,6-7,12,16H,4-5,8-11H2,1H3. The summed E-state index contributed by atoms with van der Waals surface area (Å²) in [5, 5.41) is 4.16. The molecule has 0 saturated carbocycles. The molecule has 1 fully saturated rings. The molecule has 0 amide bonds. The van der Waals surface area contributed by atoms with Crippen molar-refractivity contribution in [2.24, 2.45) is 0 Å². The molecule has 1 heterocycles. The Morgan fingerprint density at radius 1 is 1.44 bits per heavy atom. The van der Waals surface area contributed by atoms with Gasteiger partial charge in [-0.15, -0.1) is 0 Å². The highest BCUT2D eigenvalue weighted by molar-refractivity contribution is 6.33. The van der Waals surface area contributed by atoms with Crippen LogP contribution in [-0.2, 0) is 4.74 Å². The number of nitrogens with one attached hydrogen (secondary N) is 1. The lowest BCUT2D eigenvalue weighted by Gasteiger charge is -2.31. The van der Waals surface area contributed by atoms with Crippen molar-refractivity contribution in [3.63, 3.8) is 0 Å². The first-order valence-electron chi connectivity index (χ1n) is 6.53. The highest BCUT2D eigenvalue weighted by atomic mass is 35.5. The first-order chi connectivity index (χ1) is 8.79. The van der Waals surface area contributed by atoms with E-state index in [2.05, 4.69) is 10.2 Å². The van der Waals surface area contributed by atoms with E-state index in [1.807, 2.05) is 24.3 Å². The Bertz CT molecular complexity index is 373. The van der Waals surface area contributed by atoms with E-state index >= 15 is 0 Å². The summed E-state index contributed by atoms with van der Waals surface area (Å²) in [6.07, 6.45) is 2.81. The number of methoxy groups -OCH3 is 1. The first-order valence-corrected chi connectivity index (χ1v) is 6.91. The zero-order valence-corrected chi connectivity index (χ0v) is 11.6. The molecule has 1 aromatic rings. The lowest BCUT2D eigenvalue weighted by atomic mass is 10.1. The molecule has 0 aromatic heterocycles. The van der Waals surface area contributed by atoms with Gasteiger partial charge in [-0.3, -0.25) is 4.90 Å². The molecule has 18 heavy (non-hydrogen) atoms. The Hall–Kier alpha value is -0.770. The molecule has 1 unspecified atom stereocenters. The predicted octanol–water partition coefficient (Wildman–Crippen LogP) is 2.86. The number of benzene rings is 1. The molecule has 1 aliphatic heterocycles. The minimum atomic E-state index is 0.402. The Labute approximate surface area is 114 Å². The number of hydrogen-bond donors (Lipinski definition) is 1. The molecule has 3 nitrogen and oxygen atoms in total. The molecule has 1 N–H and O–H groups in total. The fourth-order valence-corrected chi connectivity index (χ4v) is 2.56. The van der Waals surface area contributed by atoms with Crippen molar-refractivity contribution in [3.8, 4) is 0 Å². The number of rotatable bonds is 5. The lowest BCUT2D eigenvalue weighted by molar-refractivity contribution is 0.0329. The van der Waals surface area contributed by atoms with E-state index in [0.717, 1.165) is 30.3 Å². The second-order valence-corrected chi connectivity index (χ2v) is 5.11. The van der Waals surface area contributed by atoms with Crippen molar-refractivity contribution in [3.05, 3.63) is 29.3 Å². The van der Waals surface area contributed by atoms with E-state index < -0.39 is 0 Å². The summed E-state index contributed by atoms with van der Waals surface area (Å²) in [5.41, 5.74) is 1.01. The van der Waals surface area contributed by atoms with Gasteiger partial charge in [0.2, 0.25) is 0 Å². The van der Waals surface area contributed by atoms with Crippen molar-refractivity contribution in [2.75, 3.05) is 38.6 Å². The molecule has 1 saturated heterocycles. The van der Waals surface area contributed by atoms with Crippen LogP contribution in [0, 0.1) is 0 Å². The van der Waals surface area contributed by atoms with E-state index in [9.17, 15) is 0 Å². The van der Waals surface area contributed by atoms with Gasteiger partial charge in [0.1, 0.15) is 0 Å². The molecule has 0 aliphatic carbocycles. The molecular formula is C14H21ClN2O. The Kier molecular flexibility index (Phi) is 5.29. The summed E-state index contributed by atoms with van der Waals surface area (Å²) in [5.74, 6) is 0. The number of ether oxygens (including phenoxy) is 1. The largest absolute Gasteiger partial charge is 0.383 e. The van der Waals surface area contributed by atoms with Gasteiger partial charge in [-0.25, -0.2) is 0 Å². The smallest absolute Gasteiger partial charge is 0.0698 e. The van der Waals surface area contributed by atoms with E-state index in [4.69, 9.17) is 16.3 Å². The third-order valence-electron chi connectivity index (χ3n) is 3.41. The van der Waals surface area contributed by atoms with Crippen LogP contribution in [-0.4, -0.2) is 44.3 Å². The van der Waals surface area contributed by atoms with Crippen molar-refractivity contribution in [2.45, 2.75) is 18.9 Å². The second kappa shape index (κ2) is 6.98. The quantitative estimate of drug-likeness (QED) is 0.889. The van der Waals surface area contributed by atoms with E-state index in [-0.39, 0.29) is 0 Å². The maximum atomic E-state index is 6.10. The molecule has 1 atom stereocenters. The van der Waals surface area contributed by atoms with Crippen LogP contribution in [0.4, 0.5) is 5.69 Å². The third kappa shape index (κ3) is 3.87. The second-order valence-electron chi connectivity index (χ2n) is 4.71. The number of piperidine rings is 1. The highest BCUT2D eigenvalue weighted by Gasteiger charge is 2.18. The topological polar surface area (TPSA) is 24.5 Å². The Balaban J connectivity index is 1.73. The van der Waals surface area contributed by atoms with Crippen LogP contribution in [0.2, 0.25) is 5.02 Å². The number of anilines is 1. The van der Waals surface area contributed by atoms with Crippen LogP contribution in [0.3, 0.4) is 0 Å². The van der Waals surface area contributed by atoms with Gasteiger partial charge in [-0.05, 0) is 31.5 Å². The first kappa shape index (κ1) is 13.7. The number of hydrogen-bond acceptors (Lipinski definition) is 3. The van der Waals surface area contributed by atoms with Gasteiger partial charge >= 0.3 is 0 Å². The van der Waals surface area contributed by atoms with Gasteiger partial charge < -0.3 is 10.1 Å². The Morgan fingerprint density at radius 2 is 2.28 bits per heavy atom. The average molecular weight is 269 g/mol. The molecule has 2 rings (SSSR count). The summed E-state index contributed by atoms with van der Waals surface area (Å²) in [6, 6.07) is 7.86. The third-order valence-corrected chi connectivity index (χ3v) is 3.74. The minimum absolute atomic E-state index is 0.402. The molecule has 0 bridgehead atoms. The monoisotopic (exact) mass is 268 g/mol. The summed E-state index contributed by atoms with van der Waals surface area (Å²) in [7, 11) is 1.80. The van der Waals surface area contributed by atoms with Gasteiger partial charge in [-0.1, -0.05) is 23.7 Å². The van der Waals surface area contributed by atoms with Crippen molar-refractivity contribution in [1.82, 2.24) is 4.90 Å². The zero-order valence-electron chi connectivity index (χ0n) is 10.9. The fourth-order valence-electron chi connectivity index (χ4n) is 2.36. The predicted molar refractivity (Wildman–Crippen MR) is 76.4 cm³/mol. The molecule has 1 aliphatic rings. The summed E-state index contributed by atoms with van der Waals surface area (Å²) < 4.78 is 5.42. The van der Waals surface area contributed by atoms with Gasteiger partial charge in [0.05, 0.1) is 16.8 Å². The van der Waals surface area contributed by atoms with Gasteiger partial charge in [0, 0.05) is 26.7 Å². The van der Waals surface area contributed by atoms with Gasteiger partial charge in [0.25, 0.3) is 0 Å². The van der Waals surface area contributed by atoms with E-state index in [0.29, 0.717) is 6.10 Å². The van der Waals surface area contributed by atoms with Crippen LogP contribution in [0.25, 0.3) is 0 Å². The molecule has 1 aromatic carbocycles. The van der Waals surface area contributed by atoms with Crippen LogP contribution < -0.4 is 5.32 Å². The molecule has 0 spiro atoms. The van der Waals surface area contributed by atoms with Crippen LogP contribution in [0.1, 0.15) is 12.8 Å². The van der Waals surface area contributed by atoms with Gasteiger partial charge in [-0.2, -0.15) is 0 Å². The number of nitrogens with zero attached hydrogens (tertiary/aromatic N) is 1. The van der Waals surface area contributed by atoms with E-state index in [1.165, 1.54) is 19.4 Å². The lowest BCUT2D eigenvalue weighted by Crippen LogP contribution is -2.41. The average Bonchev–Trinajstić information content (AvgIpc) is 2.41. The maximum absolute atomic E-state index is 6.10. The molecule has 4 heteroatoms. The van der Waals surface area contributed by atoms with Gasteiger partial charge in [0.15, 0.2) is 0 Å². The number of likely N-dealkylation sites (tertiary alicyclic amines) is 1. The molecule has 0 radical (unpaired) electrons.